The van der Waals surface area contributed by atoms with E-state index >= 15 is 0 Å². The molecule has 2 aliphatic carbocycles. The summed E-state index contributed by atoms with van der Waals surface area (Å²) in [6, 6.07) is 7.87. The van der Waals surface area contributed by atoms with Gasteiger partial charge in [0, 0.05) is 22.7 Å². The summed E-state index contributed by atoms with van der Waals surface area (Å²) in [4.78, 5) is 28.3. The lowest BCUT2D eigenvalue weighted by Crippen LogP contribution is -2.28. The van der Waals surface area contributed by atoms with E-state index in [-0.39, 0.29) is 35.5 Å². The largest absolute Gasteiger partial charge is 0.361 e. The van der Waals surface area contributed by atoms with Crippen LogP contribution in [0.5, 0.6) is 0 Å². The molecular weight excluding hydrogens is 290 g/mol. The zero-order valence-corrected chi connectivity index (χ0v) is 12.3. The lowest BCUT2D eigenvalue weighted by atomic mass is 9.85. The molecule has 4 atom stereocenters. The summed E-state index contributed by atoms with van der Waals surface area (Å²) in [6.45, 7) is 0. The van der Waals surface area contributed by atoms with Gasteiger partial charge in [0.25, 0.3) is 11.8 Å². The number of allylic oxidation sites excluding steroid dienone is 2. The molecule has 1 saturated heterocycles. The van der Waals surface area contributed by atoms with E-state index in [1.165, 1.54) is 0 Å². The fourth-order valence-corrected chi connectivity index (χ4v) is 4.32. The normalized spacial score (nSPS) is 31.9. The highest BCUT2D eigenvalue weighted by atomic mass is 16.2. The third-order valence-corrected chi connectivity index (χ3v) is 5.38. The monoisotopic (exact) mass is 305 g/mol. The van der Waals surface area contributed by atoms with Crippen LogP contribution in [0.15, 0.2) is 47.7 Å². The number of carbonyl (C=O) groups excluding carboxylic acids is 2. The number of hydrogen-bond donors (Lipinski definition) is 1. The van der Waals surface area contributed by atoms with Crippen LogP contribution in [0.2, 0.25) is 0 Å². The number of nitrogens with zero attached hydrogens (tertiary/aromatic N) is 2. The number of benzene rings is 1. The van der Waals surface area contributed by atoms with E-state index in [2.05, 4.69) is 22.2 Å². The Hall–Kier alpha value is -2.69. The van der Waals surface area contributed by atoms with Crippen molar-refractivity contribution >= 4 is 28.9 Å². The average Bonchev–Trinajstić information content (AvgIpc) is 3.31. The third kappa shape index (κ3) is 1.64. The molecule has 2 fully saturated rings. The Kier molecular flexibility index (Phi) is 2.46. The molecule has 1 saturated carbocycles. The van der Waals surface area contributed by atoms with E-state index in [9.17, 15) is 9.59 Å². The van der Waals surface area contributed by atoms with Gasteiger partial charge in [-0.15, -0.1) is 0 Å². The number of amides is 2. The first-order chi connectivity index (χ1) is 11.2. The van der Waals surface area contributed by atoms with Crippen molar-refractivity contribution in [3.8, 4) is 0 Å². The van der Waals surface area contributed by atoms with E-state index in [0.717, 1.165) is 27.9 Å². The molecule has 2 amide bonds. The highest BCUT2D eigenvalue weighted by Crippen LogP contribution is 2.52. The first-order valence-electron chi connectivity index (χ1n) is 7.90. The lowest BCUT2D eigenvalue weighted by Gasteiger charge is -2.13. The molecule has 23 heavy (non-hydrogen) atoms. The number of aromatic nitrogens is 1. The third-order valence-electron chi connectivity index (χ3n) is 5.38. The van der Waals surface area contributed by atoms with Crippen molar-refractivity contribution in [2.45, 2.75) is 6.42 Å². The summed E-state index contributed by atoms with van der Waals surface area (Å²) < 4.78 is 0. The highest BCUT2D eigenvalue weighted by Gasteiger charge is 2.59. The zero-order valence-electron chi connectivity index (χ0n) is 12.3. The molecule has 2 bridgehead atoms. The minimum absolute atomic E-state index is 0.145. The van der Waals surface area contributed by atoms with Crippen molar-refractivity contribution in [3.63, 3.8) is 0 Å². The summed E-state index contributed by atoms with van der Waals surface area (Å²) in [5.74, 6) is -0.249. The SMILES string of the molecule is O=C1C2C3C=CC(C3)C2C(=O)N1N=Cc1c[nH]c2ccccc12. The average molecular weight is 305 g/mol. The molecule has 4 unspecified atom stereocenters. The number of hydrogen-bond acceptors (Lipinski definition) is 3. The number of H-pyrrole nitrogens is 1. The van der Waals surface area contributed by atoms with Gasteiger partial charge in [0.15, 0.2) is 0 Å². The molecule has 5 rings (SSSR count). The van der Waals surface area contributed by atoms with Gasteiger partial charge in [-0.25, -0.2) is 0 Å². The molecule has 3 aliphatic rings. The molecule has 1 aliphatic heterocycles. The second-order valence-corrected chi connectivity index (χ2v) is 6.52. The number of hydrazone groups is 1. The number of nitrogens with one attached hydrogen (secondary N) is 1. The van der Waals surface area contributed by atoms with E-state index < -0.39 is 0 Å². The fraction of sp³-hybridized carbons (Fsp3) is 0.278. The van der Waals surface area contributed by atoms with Crippen molar-refractivity contribution in [3.05, 3.63) is 48.2 Å². The van der Waals surface area contributed by atoms with E-state index in [1.807, 2.05) is 30.5 Å². The van der Waals surface area contributed by atoms with Gasteiger partial charge in [0.2, 0.25) is 0 Å². The molecule has 5 nitrogen and oxygen atoms in total. The van der Waals surface area contributed by atoms with Crippen molar-refractivity contribution in [1.29, 1.82) is 0 Å². The Morgan fingerprint density at radius 3 is 2.52 bits per heavy atom. The van der Waals surface area contributed by atoms with Crippen molar-refractivity contribution in [2.75, 3.05) is 0 Å². The summed E-state index contributed by atoms with van der Waals surface area (Å²) in [6.07, 6.45) is 8.55. The first kappa shape index (κ1) is 12.8. The number of aromatic amines is 1. The van der Waals surface area contributed by atoms with Crippen molar-refractivity contribution in [1.82, 2.24) is 9.99 Å². The minimum Gasteiger partial charge on any atom is -0.361 e. The van der Waals surface area contributed by atoms with Gasteiger partial charge in [0.1, 0.15) is 0 Å². The van der Waals surface area contributed by atoms with Gasteiger partial charge in [0.05, 0.1) is 18.1 Å². The number of rotatable bonds is 2. The van der Waals surface area contributed by atoms with Crippen molar-refractivity contribution < 1.29 is 9.59 Å². The summed E-state index contributed by atoms with van der Waals surface area (Å²) in [5, 5.41) is 6.33. The molecule has 2 aromatic rings. The van der Waals surface area contributed by atoms with Gasteiger partial charge in [-0.1, -0.05) is 30.4 Å². The Morgan fingerprint density at radius 2 is 1.78 bits per heavy atom. The molecule has 5 heteroatoms. The predicted octanol–water partition coefficient (Wildman–Crippen LogP) is 2.31. The maximum absolute atomic E-state index is 12.6. The summed E-state index contributed by atoms with van der Waals surface area (Å²) in [7, 11) is 0. The predicted molar refractivity (Wildman–Crippen MR) is 85.5 cm³/mol. The van der Waals surface area contributed by atoms with Gasteiger partial charge in [-0.3, -0.25) is 9.59 Å². The molecule has 0 radical (unpaired) electrons. The van der Waals surface area contributed by atoms with Crippen LogP contribution in [0.1, 0.15) is 12.0 Å². The zero-order chi connectivity index (χ0) is 15.6. The first-order valence-corrected chi connectivity index (χ1v) is 7.90. The van der Waals surface area contributed by atoms with Crippen LogP contribution < -0.4 is 0 Å². The van der Waals surface area contributed by atoms with Crippen LogP contribution in [0.25, 0.3) is 10.9 Å². The number of fused-ring (bicyclic) bond motifs is 6. The summed E-state index contributed by atoms with van der Waals surface area (Å²) >= 11 is 0. The molecule has 0 spiro atoms. The van der Waals surface area contributed by atoms with Gasteiger partial charge < -0.3 is 4.98 Å². The van der Waals surface area contributed by atoms with Gasteiger partial charge in [-0.05, 0) is 24.3 Å². The van der Waals surface area contributed by atoms with Gasteiger partial charge >= 0.3 is 0 Å². The molecule has 1 aromatic heterocycles. The molecule has 2 heterocycles. The Labute approximate surface area is 132 Å². The molecule has 1 N–H and O–H groups in total. The van der Waals surface area contributed by atoms with Gasteiger partial charge in [-0.2, -0.15) is 10.1 Å². The second-order valence-electron chi connectivity index (χ2n) is 6.52. The quantitative estimate of drug-likeness (QED) is 0.525. The minimum atomic E-state index is -0.197. The van der Waals surface area contributed by atoms with Crippen LogP contribution in [0, 0.1) is 23.7 Å². The lowest BCUT2D eigenvalue weighted by molar-refractivity contribution is -0.140. The van der Waals surface area contributed by atoms with E-state index in [0.29, 0.717) is 0 Å². The van der Waals surface area contributed by atoms with Crippen LogP contribution in [-0.2, 0) is 9.59 Å². The Morgan fingerprint density at radius 1 is 1.09 bits per heavy atom. The number of carbonyl (C=O) groups is 2. The van der Waals surface area contributed by atoms with Crippen LogP contribution >= 0.6 is 0 Å². The number of para-hydroxylation sites is 1. The maximum Gasteiger partial charge on any atom is 0.254 e. The topological polar surface area (TPSA) is 65.5 Å². The van der Waals surface area contributed by atoms with Crippen LogP contribution in [0.4, 0.5) is 0 Å². The highest BCUT2D eigenvalue weighted by molar-refractivity contribution is 6.07. The molecular formula is C18H15N3O2. The van der Waals surface area contributed by atoms with Crippen molar-refractivity contribution in [2.24, 2.45) is 28.8 Å². The summed E-state index contributed by atoms with van der Waals surface area (Å²) in [5.41, 5.74) is 1.88. The molecule has 114 valence electrons. The number of imide groups is 1. The van der Waals surface area contributed by atoms with Crippen LogP contribution in [-0.4, -0.2) is 28.0 Å². The van der Waals surface area contributed by atoms with E-state index in [4.69, 9.17) is 0 Å². The fourth-order valence-electron chi connectivity index (χ4n) is 4.32. The van der Waals surface area contributed by atoms with Crippen LogP contribution in [0.3, 0.4) is 0 Å². The second kappa shape index (κ2) is 4.41. The van der Waals surface area contributed by atoms with E-state index in [1.54, 1.807) is 6.21 Å². The molecule has 1 aromatic carbocycles. The maximum atomic E-state index is 12.6. The Balaban J connectivity index is 1.47. The Bertz CT molecular complexity index is 865. The standard InChI is InChI=1S/C18H15N3O2/c22-17-15-10-5-6-11(7-10)16(15)18(23)21(17)20-9-12-8-19-14-4-2-1-3-13(12)14/h1-6,8-11,15-16,19H,7H2. The smallest absolute Gasteiger partial charge is 0.254 e.